The molecule has 0 atom stereocenters. The van der Waals surface area contributed by atoms with Crippen LogP contribution < -0.4 is 4.74 Å². The number of benzene rings is 1. The number of ether oxygens (including phenoxy) is 1. The van der Waals surface area contributed by atoms with Crippen molar-refractivity contribution in [1.29, 1.82) is 0 Å². The van der Waals surface area contributed by atoms with Gasteiger partial charge in [-0.25, -0.2) is 0 Å². The van der Waals surface area contributed by atoms with Crippen molar-refractivity contribution in [1.82, 2.24) is 9.78 Å². The third kappa shape index (κ3) is 2.87. The molecule has 0 radical (unpaired) electrons. The van der Waals surface area contributed by atoms with Crippen molar-refractivity contribution in [3.63, 3.8) is 0 Å². The second kappa shape index (κ2) is 5.76. The summed E-state index contributed by atoms with van der Waals surface area (Å²) in [6.07, 6.45) is 0. The molecule has 0 saturated heterocycles. The monoisotopic (exact) mass is 328 g/mol. The predicted molar refractivity (Wildman–Crippen MR) is 76.4 cm³/mol. The molecule has 5 heteroatoms. The van der Waals surface area contributed by atoms with Crippen LogP contribution >= 0.6 is 27.5 Å². The maximum absolute atomic E-state index is 6.15. The SMILES string of the molecule is Cc1cc(COc2c(Cl)cccc2CBr)n(C)n1. The number of halogens is 2. The average molecular weight is 330 g/mol. The Morgan fingerprint density at radius 2 is 2.22 bits per heavy atom. The first-order chi connectivity index (χ1) is 8.61. The molecule has 1 aromatic heterocycles. The highest BCUT2D eigenvalue weighted by Crippen LogP contribution is 2.30. The lowest BCUT2D eigenvalue weighted by atomic mass is 10.2. The molecule has 0 N–H and O–H groups in total. The summed E-state index contributed by atoms with van der Waals surface area (Å²) in [5.74, 6) is 0.731. The molecule has 0 aliphatic rings. The molecule has 0 bridgehead atoms. The highest BCUT2D eigenvalue weighted by Gasteiger charge is 2.09. The van der Waals surface area contributed by atoms with E-state index >= 15 is 0 Å². The van der Waals surface area contributed by atoms with Crippen molar-refractivity contribution in [2.75, 3.05) is 0 Å². The third-order valence-corrected chi connectivity index (χ3v) is 3.56. The second-order valence-corrected chi connectivity index (χ2v) is 5.02. The van der Waals surface area contributed by atoms with Crippen molar-refractivity contribution >= 4 is 27.5 Å². The molecular weight excluding hydrogens is 316 g/mol. The molecular formula is C13H14BrClN2O. The number of nitrogens with zero attached hydrogens (tertiary/aromatic N) is 2. The molecule has 18 heavy (non-hydrogen) atoms. The van der Waals surface area contributed by atoms with Crippen molar-refractivity contribution in [3.05, 3.63) is 46.2 Å². The zero-order valence-electron chi connectivity index (χ0n) is 10.3. The molecule has 0 fully saturated rings. The first kappa shape index (κ1) is 13.4. The molecule has 0 aliphatic carbocycles. The van der Waals surface area contributed by atoms with Crippen LogP contribution in [-0.4, -0.2) is 9.78 Å². The van der Waals surface area contributed by atoms with Gasteiger partial charge < -0.3 is 4.74 Å². The van der Waals surface area contributed by atoms with Gasteiger partial charge in [0.15, 0.2) is 0 Å². The highest BCUT2D eigenvalue weighted by molar-refractivity contribution is 9.08. The van der Waals surface area contributed by atoms with E-state index in [0.717, 1.165) is 22.7 Å². The smallest absolute Gasteiger partial charge is 0.142 e. The molecule has 0 spiro atoms. The van der Waals surface area contributed by atoms with Crippen LogP contribution in [0.5, 0.6) is 5.75 Å². The van der Waals surface area contributed by atoms with Crippen molar-refractivity contribution < 1.29 is 4.74 Å². The molecule has 3 nitrogen and oxygen atoms in total. The summed E-state index contributed by atoms with van der Waals surface area (Å²) < 4.78 is 7.64. The molecule has 0 amide bonds. The van der Waals surface area contributed by atoms with Crippen LogP contribution in [0, 0.1) is 6.92 Å². The van der Waals surface area contributed by atoms with Crippen LogP contribution in [0.25, 0.3) is 0 Å². The lowest BCUT2D eigenvalue weighted by Gasteiger charge is -2.11. The summed E-state index contributed by atoms with van der Waals surface area (Å²) in [6, 6.07) is 7.74. The molecule has 0 unspecified atom stereocenters. The summed E-state index contributed by atoms with van der Waals surface area (Å²) in [5.41, 5.74) is 3.05. The number of hydrogen-bond acceptors (Lipinski definition) is 2. The molecule has 2 rings (SSSR count). The van der Waals surface area contributed by atoms with Crippen LogP contribution in [-0.2, 0) is 19.0 Å². The van der Waals surface area contributed by atoms with Crippen molar-refractivity contribution in [3.8, 4) is 5.75 Å². The fraction of sp³-hybridized carbons (Fsp3) is 0.308. The Bertz CT molecular complexity index is 554. The van der Waals surface area contributed by atoms with Crippen LogP contribution in [0.3, 0.4) is 0 Å². The number of alkyl halides is 1. The molecule has 0 aliphatic heterocycles. The summed E-state index contributed by atoms with van der Waals surface area (Å²) in [7, 11) is 1.91. The molecule has 1 aromatic carbocycles. The Morgan fingerprint density at radius 3 is 2.83 bits per heavy atom. The Morgan fingerprint density at radius 1 is 1.44 bits per heavy atom. The minimum Gasteiger partial charge on any atom is -0.485 e. The lowest BCUT2D eigenvalue weighted by molar-refractivity contribution is 0.293. The number of hydrogen-bond donors (Lipinski definition) is 0. The van der Waals surface area contributed by atoms with Crippen molar-refractivity contribution in [2.45, 2.75) is 18.9 Å². The van der Waals surface area contributed by atoms with Gasteiger partial charge in [-0.15, -0.1) is 0 Å². The first-order valence-electron chi connectivity index (χ1n) is 5.57. The van der Waals surface area contributed by atoms with Crippen LogP contribution in [0.1, 0.15) is 17.0 Å². The van der Waals surface area contributed by atoms with Gasteiger partial charge in [-0.2, -0.15) is 5.10 Å². The minimum absolute atomic E-state index is 0.459. The Kier molecular flexibility index (Phi) is 4.30. The summed E-state index contributed by atoms with van der Waals surface area (Å²) >= 11 is 9.58. The lowest BCUT2D eigenvalue weighted by Crippen LogP contribution is -2.04. The van der Waals surface area contributed by atoms with Crippen LogP contribution in [0.2, 0.25) is 5.02 Å². The summed E-state index contributed by atoms with van der Waals surface area (Å²) in [4.78, 5) is 0. The van der Waals surface area contributed by atoms with Gasteiger partial charge in [0, 0.05) is 17.9 Å². The van der Waals surface area contributed by atoms with E-state index in [1.54, 1.807) is 0 Å². The van der Waals surface area contributed by atoms with Gasteiger partial charge >= 0.3 is 0 Å². The van der Waals surface area contributed by atoms with Gasteiger partial charge in [0.2, 0.25) is 0 Å². The van der Waals surface area contributed by atoms with Crippen LogP contribution in [0.15, 0.2) is 24.3 Å². The van der Waals surface area contributed by atoms with E-state index in [-0.39, 0.29) is 0 Å². The number of aryl methyl sites for hydroxylation is 2. The first-order valence-corrected chi connectivity index (χ1v) is 7.07. The van der Waals surface area contributed by atoms with E-state index in [0.29, 0.717) is 17.0 Å². The van der Waals surface area contributed by atoms with Gasteiger partial charge in [-0.05, 0) is 19.1 Å². The highest BCUT2D eigenvalue weighted by atomic mass is 79.9. The largest absolute Gasteiger partial charge is 0.485 e. The Labute approximate surface area is 120 Å². The molecule has 96 valence electrons. The number of para-hydroxylation sites is 1. The topological polar surface area (TPSA) is 27.1 Å². The zero-order chi connectivity index (χ0) is 13.1. The average Bonchev–Trinajstić information content (AvgIpc) is 2.66. The maximum atomic E-state index is 6.15. The fourth-order valence-corrected chi connectivity index (χ4v) is 2.46. The van der Waals surface area contributed by atoms with E-state index in [2.05, 4.69) is 21.0 Å². The minimum atomic E-state index is 0.459. The van der Waals surface area contributed by atoms with Gasteiger partial charge in [0.05, 0.1) is 16.4 Å². The number of aromatic nitrogens is 2. The maximum Gasteiger partial charge on any atom is 0.142 e. The second-order valence-electron chi connectivity index (χ2n) is 4.05. The van der Waals surface area contributed by atoms with Crippen molar-refractivity contribution in [2.24, 2.45) is 7.05 Å². The summed E-state index contributed by atoms with van der Waals surface area (Å²) in [5, 5.41) is 5.63. The van der Waals surface area contributed by atoms with E-state index < -0.39 is 0 Å². The van der Waals surface area contributed by atoms with Gasteiger partial charge in [-0.3, -0.25) is 4.68 Å². The van der Waals surface area contributed by atoms with Gasteiger partial charge in [0.25, 0.3) is 0 Å². The normalized spacial score (nSPS) is 10.7. The molecule has 0 saturated carbocycles. The predicted octanol–water partition coefficient (Wildman–Crippen LogP) is 3.86. The van der Waals surface area contributed by atoms with Crippen LogP contribution in [0.4, 0.5) is 0 Å². The Balaban J connectivity index is 2.17. The van der Waals surface area contributed by atoms with E-state index in [9.17, 15) is 0 Å². The molecule has 2 aromatic rings. The van der Waals surface area contributed by atoms with Gasteiger partial charge in [-0.1, -0.05) is 39.7 Å². The quantitative estimate of drug-likeness (QED) is 0.797. The van der Waals surface area contributed by atoms with E-state index in [1.165, 1.54) is 0 Å². The van der Waals surface area contributed by atoms with E-state index in [4.69, 9.17) is 16.3 Å². The van der Waals surface area contributed by atoms with E-state index in [1.807, 2.05) is 42.9 Å². The summed E-state index contributed by atoms with van der Waals surface area (Å²) in [6.45, 7) is 2.42. The number of rotatable bonds is 4. The molecule has 1 heterocycles. The fourth-order valence-electron chi connectivity index (χ4n) is 1.77. The van der Waals surface area contributed by atoms with Gasteiger partial charge in [0.1, 0.15) is 12.4 Å². The standard InChI is InChI=1S/C13H14BrClN2O/c1-9-6-11(17(2)16-9)8-18-13-10(7-14)4-3-5-12(13)15/h3-6H,7-8H2,1-2H3. The zero-order valence-corrected chi connectivity index (χ0v) is 12.6. The third-order valence-electron chi connectivity index (χ3n) is 2.66. The Hall–Kier alpha value is -1.00.